The van der Waals surface area contributed by atoms with Crippen molar-refractivity contribution in [2.45, 2.75) is 19.3 Å². The van der Waals surface area contributed by atoms with Crippen molar-refractivity contribution in [1.82, 2.24) is 5.32 Å². The Morgan fingerprint density at radius 2 is 2.38 bits per heavy atom. The second-order valence-electron chi connectivity index (χ2n) is 2.82. The monoisotopic (exact) mass is 192 g/mol. The number of nitrogens with one attached hydrogen (secondary N) is 1. The van der Waals surface area contributed by atoms with Crippen molar-refractivity contribution in [3.05, 3.63) is 0 Å². The van der Waals surface area contributed by atoms with E-state index in [0.29, 0.717) is 13.2 Å². The Morgan fingerprint density at radius 1 is 1.54 bits per heavy atom. The summed E-state index contributed by atoms with van der Waals surface area (Å²) in [4.78, 5) is 4.17. The van der Waals surface area contributed by atoms with Crippen molar-refractivity contribution in [1.29, 1.82) is 0 Å². The Morgan fingerprint density at radius 3 is 3.00 bits per heavy atom. The number of alkyl halides is 2. The lowest BCUT2D eigenvalue weighted by molar-refractivity contribution is 0.0197. The molecule has 0 atom stereocenters. The van der Waals surface area contributed by atoms with Crippen LogP contribution in [0.15, 0.2) is 4.99 Å². The minimum Gasteiger partial charge on any atom is -0.374 e. The number of amidine groups is 1. The highest BCUT2D eigenvalue weighted by Crippen LogP contribution is 2.00. The largest absolute Gasteiger partial charge is 0.374 e. The van der Waals surface area contributed by atoms with Crippen molar-refractivity contribution in [3.8, 4) is 0 Å². The topological polar surface area (TPSA) is 33.6 Å². The third kappa shape index (κ3) is 4.77. The molecule has 1 rings (SSSR count). The molecule has 1 N–H and O–H groups in total. The van der Waals surface area contributed by atoms with Gasteiger partial charge in [-0.3, -0.25) is 4.99 Å². The average Bonchev–Trinajstić information content (AvgIpc) is 2.55. The normalized spacial score (nSPS) is 16.4. The van der Waals surface area contributed by atoms with Gasteiger partial charge in [-0.2, -0.15) is 0 Å². The summed E-state index contributed by atoms with van der Waals surface area (Å²) in [6, 6.07) is 0. The van der Waals surface area contributed by atoms with Crippen LogP contribution in [0.5, 0.6) is 0 Å². The van der Waals surface area contributed by atoms with Crippen LogP contribution in [0.2, 0.25) is 0 Å². The average molecular weight is 192 g/mol. The van der Waals surface area contributed by atoms with Crippen molar-refractivity contribution in [2.75, 3.05) is 26.3 Å². The maximum atomic E-state index is 11.6. The zero-order valence-corrected chi connectivity index (χ0v) is 7.43. The number of hydrogen-bond acceptors (Lipinski definition) is 3. The van der Waals surface area contributed by atoms with Crippen molar-refractivity contribution in [3.63, 3.8) is 0 Å². The Labute approximate surface area is 76.2 Å². The molecule has 0 spiro atoms. The van der Waals surface area contributed by atoms with Crippen LogP contribution < -0.4 is 5.32 Å². The van der Waals surface area contributed by atoms with E-state index in [-0.39, 0.29) is 0 Å². The van der Waals surface area contributed by atoms with E-state index < -0.39 is 13.0 Å². The molecule has 1 aliphatic heterocycles. The first kappa shape index (κ1) is 10.4. The molecular formula is C8H14F2N2O. The van der Waals surface area contributed by atoms with E-state index in [9.17, 15) is 8.78 Å². The molecule has 0 radical (unpaired) electrons. The smallest absolute Gasteiger partial charge is 0.261 e. The first-order valence-corrected chi connectivity index (χ1v) is 4.42. The molecule has 13 heavy (non-hydrogen) atoms. The molecular weight excluding hydrogens is 178 g/mol. The van der Waals surface area contributed by atoms with E-state index in [2.05, 4.69) is 15.0 Å². The summed E-state index contributed by atoms with van der Waals surface area (Å²) in [5.74, 6) is 0.973. The third-order valence-electron chi connectivity index (χ3n) is 1.69. The van der Waals surface area contributed by atoms with Crippen molar-refractivity contribution < 1.29 is 13.5 Å². The maximum Gasteiger partial charge on any atom is 0.261 e. The minimum absolute atomic E-state index is 0.309. The molecule has 0 bridgehead atoms. The fourth-order valence-corrected chi connectivity index (χ4v) is 1.12. The number of nitrogens with zero attached hydrogens (tertiary/aromatic N) is 1. The van der Waals surface area contributed by atoms with Crippen LogP contribution in [0, 0.1) is 0 Å². The van der Waals surface area contributed by atoms with Gasteiger partial charge in [-0.1, -0.05) is 0 Å². The lowest BCUT2D eigenvalue weighted by Crippen LogP contribution is -2.26. The van der Waals surface area contributed by atoms with Crippen LogP contribution in [0.4, 0.5) is 8.78 Å². The van der Waals surface area contributed by atoms with E-state index in [4.69, 9.17) is 0 Å². The fourth-order valence-electron chi connectivity index (χ4n) is 1.12. The molecule has 0 unspecified atom stereocenters. The summed E-state index contributed by atoms with van der Waals surface area (Å²) in [6.07, 6.45) is -0.321. The summed E-state index contributed by atoms with van der Waals surface area (Å²) in [5.41, 5.74) is 0. The van der Waals surface area contributed by atoms with Gasteiger partial charge >= 0.3 is 0 Å². The predicted molar refractivity (Wildman–Crippen MR) is 46.4 cm³/mol. The predicted octanol–water partition coefficient (Wildman–Crippen LogP) is 1.05. The molecule has 0 fully saturated rings. The number of halogens is 2. The van der Waals surface area contributed by atoms with E-state index in [1.165, 1.54) is 0 Å². The van der Waals surface area contributed by atoms with Gasteiger partial charge in [-0.15, -0.1) is 0 Å². The zero-order valence-electron chi connectivity index (χ0n) is 7.43. The van der Waals surface area contributed by atoms with Gasteiger partial charge in [-0.05, 0) is 6.42 Å². The van der Waals surface area contributed by atoms with Gasteiger partial charge in [0.25, 0.3) is 6.43 Å². The first-order chi connectivity index (χ1) is 6.29. The number of aliphatic imine (C=N–C) groups is 1. The summed E-state index contributed by atoms with van der Waals surface area (Å²) >= 11 is 0. The number of hydrogen-bond donors (Lipinski definition) is 1. The molecule has 0 aromatic carbocycles. The van der Waals surface area contributed by atoms with E-state index >= 15 is 0 Å². The summed E-state index contributed by atoms with van der Waals surface area (Å²) in [5, 5.41) is 3.04. The van der Waals surface area contributed by atoms with Gasteiger partial charge in [0.05, 0.1) is 12.4 Å². The maximum absolute atomic E-state index is 11.6. The minimum atomic E-state index is -2.37. The SMILES string of the molecule is FC(F)COCCNC1=NCCC1. The molecule has 3 nitrogen and oxygen atoms in total. The highest BCUT2D eigenvalue weighted by Gasteiger charge is 2.05. The lowest BCUT2D eigenvalue weighted by Gasteiger charge is -2.05. The Bertz CT molecular complexity index is 174. The quantitative estimate of drug-likeness (QED) is 0.660. The van der Waals surface area contributed by atoms with Crippen LogP contribution in [0.25, 0.3) is 0 Å². The van der Waals surface area contributed by atoms with Crippen LogP contribution >= 0.6 is 0 Å². The lowest BCUT2D eigenvalue weighted by atomic mass is 10.3. The van der Waals surface area contributed by atoms with E-state index in [1.54, 1.807) is 0 Å². The molecule has 0 saturated carbocycles. The van der Waals surface area contributed by atoms with Gasteiger partial charge in [0, 0.05) is 19.5 Å². The van der Waals surface area contributed by atoms with E-state index in [0.717, 1.165) is 25.2 Å². The second kappa shape index (κ2) is 5.85. The zero-order chi connectivity index (χ0) is 9.52. The van der Waals surface area contributed by atoms with Gasteiger partial charge in [0.2, 0.25) is 0 Å². The van der Waals surface area contributed by atoms with Crippen molar-refractivity contribution in [2.24, 2.45) is 4.99 Å². The summed E-state index contributed by atoms with van der Waals surface area (Å²) in [6.45, 7) is 1.27. The van der Waals surface area contributed by atoms with Crippen LogP contribution in [-0.4, -0.2) is 38.6 Å². The summed E-state index contributed by atoms with van der Waals surface area (Å²) < 4.78 is 27.9. The van der Waals surface area contributed by atoms with Gasteiger partial charge in [-0.25, -0.2) is 8.78 Å². The highest BCUT2D eigenvalue weighted by atomic mass is 19.3. The van der Waals surface area contributed by atoms with Crippen molar-refractivity contribution >= 4 is 5.84 Å². The van der Waals surface area contributed by atoms with Gasteiger partial charge < -0.3 is 10.1 Å². The van der Waals surface area contributed by atoms with E-state index in [1.807, 2.05) is 0 Å². The second-order valence-corrected chi connectivity index (χ2v) is 2.82. The molecule has 0 saturated heterocycles. The van der Waals surface area contributed by atoms with Crippen LogP contribution in [0.1, 0.15) is 12.8 Å². The first-order valence-electron chi connectivity index (χ1n) is 4.42. The molecule has 0 aromatic rings. The molecule has 0 amide bonds. The number of rotatable bonds is 5. The highest BCUT2D eigenvalue weighted by molar-refractivity contribution is 5.83. The third-order valence-corrected chi connectivity index (χ3v) is 1.69. The molecule has 0 aliphatic carbocycles. The standard InChI is InChI=1S/C8H14F2N2O/c9-7(10)6-13-5-4-12-8-2-1-3-11-8/h7H,1-6H2,(H,11,12). The van der Waals surface area contributed by atoms with Crippen LogP contribution in [0.3, 0.4) is 0 Å². The Balaban J connectivity index is 1.89. The van der Waals surface area contributed by atoms with Gasteiger partial charge in [0.1, 0.15) is 6.61 Å². The molecule has 0 aromatic heterocycles. The number of ether oxygens (including phenoxy) is 1. The molecule has 5 heteroatoms. The fraction of sp³-hybridized carbons (Fsp3) is 0.875. The molecule has 1 heterocycles. The summed E-state index contributed by atoms with van der Waals surface area (Å²) in [7, 11) is 0. The van der Waals surface area contributed by atoms with Gasteiger partial charge in [0.15, 0.2) is 0 Å². The Hall–Kier alpha value is -0.710. The van der Waals surface area contributed by atoms with Crippen LogP contribution in [-0.2, 0) is 4.74 Å². The molecule has 1 aliphatic rings. The Kier molecular flexibility index (Phi) is 4.67. The molecule has 76 valence electrons.